The number of para-hydroxylation sites is 2. The van der Waals surface area contributed by atoms with Gasteiger partial charge in [-0.15, -0.1) is 0 Å². The quantitative estimate of drug-likeness (QED) is 0.727. The molecule has 2 aromatic carbocycles. The molecule has 0 aliphatic carbocycles. The molecule has 0 fully saturated rings. The minimum absolute atomic E-state index is 0.0987. The Morgan fingerprint density at radius 3 is 2.75 bits per heavy atom. The largest absolute Gasteiger partial charge is 0.504 e. The van der Waals surface area contributed by atoms with Crippen molar-refractivity contribution < 1.29 is 9.84 Å². The maximum absolute atomic E-state index is 9.88. The summed E-state index contributed by atoms with van der Waals surface area (Å²) in [7, 11) is 1.55. The highest BCUT2D eigenvalue weighted by molar-refractivity contribution is 5.76. The molecule has 0 radical (unpaired) electrons. The molecule has 126 valence electrons. The monoisotopic (exact) mass is 325 g/mol. The molecule has 0 aliphatic rings. The first kappa shape index (κ1) is 16.3. The lowest BCUT2D eigenvalue weighted by Crippen LogP contribution is -2.21. The van der Waals surface area contributed by atoms with Gasteiger partial charge in [0.25, 0.3) is 0 Å². The summed E-state index contributed by atoms with van der Waals surface area (Å²) in [6.45, 7) is 5.76. The highest BCUT2D eigenvalue weighted by atomic mass is 16.5. The van der Waals surface area contributed by atoms with E-state index < -0.39 is 0 Å². The molecule has 1 heterocycles. The smallest absolute Gasteiger partial charge is 0.160 e. The van der Waals surface area contributed by atoms with Gasteiger partial charge in [-0.3, -0.25) is 0 Å². The molecule has 5 heteroatoms. The number of imidazole rings is 1. The van der Waals surface area contributed by atoms with Gasteiger partial charge in [0.1, 0.15) is 5.82 Å². The van der Waals surface area contributed by atoms with Crippen molar-refractivity contribution in [2.75, 3.05) is 7.11 Å². The summed E-state index contributed by atoms with van der Waals surface area (Å²) in [4.78, 5) is 4.77. The van der Waals surface area contributed by atoms with Gasteiger partial charge in [-0.2, -0.15) is 0 Å². The van der Waals surface area contributed by atoms with E-state index in [-0.39, 0.29) is 11.8 Å². The molecule has 0 bridgehead atoms. The zero-order valence-corrected chi connectivity index (χ0v) is 14.3. The molecule has 0 saturated carbocycles. The van der Waals surface area contributed by atoms with E-state index in [2.05, 4.69) is 29.8 Å². The maximum Gasteiger partial charge on any atom is 0.160 e. The van der Waals surface area contributed by atoms with Gasteiger partial charge in [-0.05, 0) is 43.7 Å². The average molecular weight is 325 g/mol. The van der Waals surface area contributed by atoms with Crippen LogP contribution in [0.5, 0.6) is 11.5 Å². The SMILES string of the molecule is CCn1c(C(C)NCc2ccc(OC)c(O)c2)nc2ccccc21. The number of methoxy groups -OCH3 is 1. The molecule has 2 N–H and O–H groups in total. The van der Waals surface area contributed by atoms with E-state index in [1.807, 2.05) is 24.3 Å². The van der Waals surface area contributed by atoms with E-state index in [1.165, 1.54) is 0 Å². The molecule has 1 aromatic heterocycles. The minimum Gasteiger partial charge on any atom is -0.504 e. The van der Waals surface area contributed by atoms with Crippen LogP contribution in [0.3, 0.4) is 0 Å². The summed E-state index contributed by atoms with van der Waals surface area (Å²) in [5, 5.41) is 13.4. The lowest BCUT2D eigenvalue weighted by Gasteiger charge is -2.16. The van der Waals surface area contributed by atoms with Gasteiger partial charge in [-0.1, -0.05) is 18.2 Å². The fraction of sp³-hybridized carbons (Fsp3) is 0.316. The Labute approximate surface area is 141 Å². The highest BCUT2D eigenvalue weighted by Gasteiger charge is 2.15. The van der Waals surface area contributed by atoms with E-state index in [9.17, 15) is 5.11 Å². The number of hydrogen-bond acceptors (Lipinski definition) is 4. The molecule has 0 spiro atoms. The van der Waals surface area contributed by atoms with E-state index in [4.69, 9.17) is 9.72 Å². The summed E-state index contributed by atoms with van der Waals surface area (Å²) >= 11 is 0. The van der Waals surface area contributed by atoms with Crippen molar-refractivity contribution in [3.05, 3.63) is 53.9 Å². The second kappa shape index (κ2) is 6.93. The Balaban J connectivity index is 1.78. The van der Waals surface area contributed by atoms with E-state index in [0.29, 0.717) is 12.3 Å². The molecule has 24 heavy (non-hydrogen) atoms. The third-order valence-electron chi connectivity index (χ3n) is 4.24. The minimum atomic E-state index is 0.0987. The zero-order chi connectivity index (χ0) is 17.1. The Morgan fingerprint density at radius 1 is 1.25 bits per heavy atom. The molecule has 0 saturated heterocycles. The van der Waals surface area contributed by atoms with E-state index in [1.54, 1.807) is 19.2 Å². The van der Waals surface area contributed by atoms with Crippen LogP contribution < -0.4 is 10.1 Å². The van der Waals surface area contributed by atoms with Gasteiger partial charge >= 0.3 is 0 Å². The first-order valence-electron chi connectivity index (χ1n) is 8.18. The number of phenolic OH excluding ortho intramolecular Hbond substituents is 1. The molecule has 3 rings (SSSR count). The van der Waals surface area contributed by atoms with E-state index in [0.717, 1.165) is 29.0 Å². The molecular formula is C19H23N3O2. The lowest BCUT2D eigenvalue weighted by atomic mass is 10.2. The second-order valence-electron chi connectivity index (χ2n) is 5.81. The highest BCUT2D eigenvalue weighted by Crippen LogP contribution is 2.26. The fourth-order valence-electron chi connectivity index (χ4n) is 2.96. The Morgan fingerprint density at radius 2 is 2.04 bits per heavy atom. The van der Waals surface area contributed by atoms with Gasteiger partial charge in [0.15, 0.2) is 11.5 Å². The van der Waals surface area contributed by atoms with E-state index >= 15 is 0 Å². The second-order valence-corrected chi connectivity index (χ2v) is 5.81. The molecule has 0 amide bonds. The number of aromatic nitrogens is 2. The van der Waals surface area contributed by atoms with Crippen LogP contribution in [0.1, 0.15) is 31.3 Å². The summed E-state index contributed by atoms with van der Waals surface area (Å²) in [6.07, 6.45) is 0. The predicted molar refractivity (Wildman–Crippen MR) is 95.3 cm³/mol. The number of phenols is 1. The summed E-state index contributed by atoms with van der Waals surface area (Å²) in [5.74, 6) is 1.67. The summed E-state index contributed by atoms with van der Waals surface area (Å²) in [5.41, 5.74) is 3.18. The van der Waals surface area contributed by atoms with Crippen molar-refractivity contribution in [3.63, 3.8) is 0 Å². The first-order chi connectivity index (χ1) is 11.6. The third kappa shape index (κ3) is 3.08. The number of aromatic hydroxyl groups is 1. The standard InChI is InChI=1S/C19H23N3O2/c1-4-22-16-8-6-5-7-15(16)21-19(22)13(2)20-12-14-9-10-18(24-3)17(23)11-14/h5-11,13,20,23H,4,12H2,1-3H3. The summed E-state index contributed by atoms with van der Waals surface area (Å²) < 4.78 is 7.31. The predicted octanol–water partition coefficient (Wildman–Crippen LogP) is 3.62. The van der Waals surface area contributed by atoms with Crippen LogP contribution in [-0.2, 0) is 13.1 Å². The van der Waals surface area contributed by atoms with Crippen LogP contribution in [0.4, 0.5) is 0 Å². The average Bonchev–Trinajstić information content (AvgIpc) is 2.98. The molecule has 1 atom stereocenters. The number of ether oxygens (including phenoxy) is 1. The number of nitrogens with one attached hydrogen (secondary N) is 1. The molecular weight excluding hydrogens is 302 g/mol. The zero-order valence-electron chi connectivity index (χ0n) is 14.3. The van der Waals surface area contributed by atoms with Gasteiger partial charge in [0, 0.05) is 13.1 Å². The van der Waals surface area contributed by atoms with Crippen molar-refractivity contribution in [2.45, 2.75) is 33.0 Å². The molecule has 1 unspecified atom stereocenters. The molecule has 5 nitrogen and oxygen atoms in total. The normalized spacial score (nSPS) is 12.5. The topological polar surface area (TPSA) is 59.3 Å². The number of aryl methyl sites for hydroxylation is 1. The van der Waals surface area contributed by atoms with Gasteiger partial charge in [-0.25, -0.2) is 4.98 Å². The van der Waals surface area contributed by atoms with Crippen LogP contribution in [0, 0.1) is 0 Å². The van der Waals surface area contributed by atoms with Gasteiger partial charge in [0.05, 0.1) is 24.2 Å². The first-order valence-corrected chi connectivity index (χ1v) is 8.18. The number of rotatable bonds is 6. The number of nitrogens with zero attached hydrogens (tertiary/aromatic N) is 2. The third-order valence-corrected chi connectivity index (χ3v) is 4.24. The summed E-state index contributed by atoms with van der Waals surface area (Å²) in [6, 6.07) is 13.7. The fourth-order valence-corrected chi connectivity index (χ4v) is 2.96. The van der Waals surface area contributed by atoms with Crippen LogP contribution in [-0.4, -0.2) is 21.8 Å². The number of fused-ring (bicyclic) bond motifs is 1. The van der Waals surface area contributed by atoms with Gasteiger partial charge < -0.3 is 19.7 Å². The number of hydrogen-bond donors (Lipinski definition) is 2. The Kier molecular flexibility index (Phi) is 4.71. The molecule has 3 aromatic rings. The lowest BCUT2D eigenvalue weighted by molar-refractivity contribution is 0.373. The number of benzene rings is 2. The molecule has 0 aliphatic heterocycles. The van der Waals surface area contributed by atoms with Crippen molar-refractivity contribution in [1.82, 2.24) is 14.9 Å². The van der Waals surface area contributed by atoms with Crippen molar-refractivity contribution in [2.24, 2.45) is 0 Å². The van der Waals surface area contributed by atoms with Gasteiger partial charge in [0.2, 0.25) is 0 Å². The van der Waals surface area contributed by atoms with Crippen LogP contribution in [0.15, 0.2) is 42.5 Å². The van der Waals surface area contributed by atoms with Crippen molar-refractivity contribution in [3.8, 4) is 11.5 Å². The Hall–Kier alpha value is -2.53. The van der Waals surface area contributed by atoms with Crippen LogP contribution in [0.25, 0.3) is 11.0 Å². The van der Waals surface area contributed by atoms with Crippen molar-refractivity contribution in [1.29, 1.82) is 0 Å². The van der Waals surface area contributed by atoms with Crippen LogP contribution in [0.2, 0.25) is 0 Å². The maximum atomic E-state index is 9.88. The van der Waals surface area contributed by atoms with Crippen molar-refractivity contribution >= 4 is 11.0 Å². The van der Waals surface area contributed by atoms with Crippen LogP contribution >= 0.6 is 0 Å². The Bertz CT molecular complexity index is 842.